The van der Waals surface area contributed by atoms with Crippen LogP contribution in [0.5, 0.6) is 0 Å². The fourth-order valence-corrected chi connectivity index (χ4v) is 8.19. The van der Waals surface area contributed by atoms with Gasteiger partial charge in [0.15, 0.2) is 0 Å². The van der Waals surface area contributed by atoms with Crippen LogP contribution in [-0.4, -0.2) is 0 Å². The molecule has 53 heavy (non-hydrogen) atoms. The van der Waals surface area contributed by atoms with Crippen molar-refractivity contribution >= 4 is 82.5 Å². The molecule has 0 fully saturated rings. The van der Waals surface area contributed by atoms with Crippen molar-refractivity contribution in [3.63, 3.8) is 0 Å². The molecule has 11 aromatic rings. The first-order valence-corrected chi connectivity index (χ1v) is 18.0. The number of nitrogens with zero attached hydrogens (tertiary/aromatic N) is 1. The van der Waals surface area contributed by atoms with Gasteiger partial charge in [0.1, 0.15) is 22.3 Å². The lowest BCUT2D eigenvalue weighted by Gasteiger charge is -2.25. The summed E-state index contributed by atoms with van der Waals surface area (Å²) in [4.78, 5) is 2.30. The second-order valence-corrected chi connectivity index (χ2v) is 13.7. The minimum atomic E-state index is 0.843. The highest BCUT2D eigenvalue weighted by Crippen LogP contribution is 2.43. The van der Waals surface area contributed by atoms with Gasteiger partial charge in [0, 0.05) is 44.7 Å². The lowest BCUT2D eigenvalue weighted by molar-refractivity contribution is 0.668. The number of furan rings is 2. The summed E-state index contributed by atoms with van der Waals surface area (Å²) >= 11 is 0. The molecule has 0 radical (unpaired) electrons. The van der Waals surface area contributed by atoms with E-state index in [0.29, 0.717) is 0 Å². The molecule has 3 nitrogen and oxygen atoms in total. The van der Waals surface area contributed by atoms with Gasteiger partial charge in [-0.1, -0.05) is 115 Å². The molecule has 9 aromatic carbocycles. The Hall–Kier alpha value is -7.10. The summed E-state index contributed by atoms with van der Waals surface area (Å²) in [6.07, 6.45) is 0. The van der Waals surface area contributed by atoms with Crippen LogP contribution in [0.25, 0.3) is 87.7 Å². The zero-order chi connectivity index (χ0) is 34.9. The molecule has 3 heteroatoms. The smallest absolute Gasteiger partial charge is 0.137 e. The van der Waals surface area contributed by atoms with Crippen LogP contribution >= 0.6 is 0 Å². The summed E-state index contributed by atoms with van der Waals surface area (Å²) < 4.78 is 12.9. The van der Waals surface area contributed by atoms with Gasteiger partial charge in [0.2, 0.25) is 0 Å². The molecular weight excluding hydrogens is 647 g/mol. The summed E-state index contributed by atoms with van der Waals surface area (Å²) in [5, 5.41) is 9.48. The molecule has 0 N–H and O–H groups in total. The van der Waals surface area contributed by atoms with E-state index in [-0.39, 0.29) is 0 Å². The Balaban J connectivity index is 1.02. The molecule has 0 spiro atoms. The van der Waals surface area contributed by atoms with Gasteiger partial charge in [-0.15, -0.1) is 0 Å². The molecule has 2 heterocycles. The van der Waals surface area contributed by atoms with Gasteiger partial charge in [-0.25, -0.2) is 0 Å². The summed E-state index contributed by atoms with van der Waals surface area (Å²) in [6, 6.07) is 66.7. The molecule has 0 saturated carbocycles. The van der Waals surface area contributed by atoms with E-state index in [4.69, 9.17) is 8.83 Å². The van der Waals surface area contributed by atoms with E-state index in [9.17, 15) is 0 Å². The molecule has 0 bridgehead atoms. The standard InChI is InChI=1S/C50H31NO2/c1-2-12-35(13-3-1)51(36-24-21-32(22-25-36)45-29-33-11-4-5-14-38(33)40-15-6-7-16-41(40)45)37-26-28-44-49(31-37)53-47-20-10-18-39(50(44)47)34-23-27-43-42-17-8-9-19-46(42)52-48(43)30-34/h1-31H. The summed E-state index contributed by atoms with van der Waals surface area (Å²) in [7, 11) is 0. The van der Waals surface area contributed by atoms with Crippen molar-refractivity contribution in [2.75, 3.05) is 4.90 Å². The highest BCUT2D eigenvalue weighted by molar-refractivity contribution is 6.15. The average molecular weight is 678 g/mol. The van der Waals surface area contributed by atoms with Crippen LogP contribution in [0.15, 0.2) is 197 Å². The second kappa shape index (κ2) is 11.7. The maximum atomic E-state index is 6.62. The molecule has 0 amide bonds. The zero-order valence-electron chi connectivity index (χ0n) is 28.7. The van der Waals surface area contributed by atoms with Crippen LogP contribution in [0.2, 0.25) is 0 Å². The normalized spacial score (nSPS) is 11.8. The second-order valence-electron chi connectivity index (χ2n) is 13.7. The molecule has 0 atom stereocenters. The Labute approximate surface area is 305 Å². The van der Waals surface area contributed by atoms with Gasteiger partial charge >= 0.3 is 0 Å². The number of hydrogen-bond acceptors (Lipinski definition) is 3. The highest BCUT2D eigenvalue weighted by atomic mass is 16.3. The number of fused-ring (bicyclic) bond motifs is 9. The maximum absolute atomic E-state index is 6.62. The van der Waals surface area contributed by atoms with Crippen LogP contribution in [-0.2, 0) is 0 Å². The van der Waals surface area contributed by atoms with E-state index in [2.05, 4.69) is 181 Å². The van der Waals surface area contributed by atoms with Crippen molar-refractivity contribution in [1.29, 1.82) is 0 Å². The average Bonchev–Trinajstić information content (AvgIpc) is 3.79. The first kappa shape index (κ1) is 29.6. The van der Waals surface area contributed by atoms with Crippen molar-refractivity contribution < 1.29 is 8.83 Å². The minimum absolute atomic E-state index is 0.843. The van der Waals surface area contributed by atoms with E-state index in [1.165, 1.54) is 32.7 Å². The van der Waals surface area contributed by atoms with Crippen molar-refractivity contribution in [3.05, 3.63) is 188 Å². The molecule has 0 aliphatic rings. The predicted molar refractivity (Wildman–Crippen MR) is 222 cm³/mol. The van der Waals surface area contributed by atoms with Crippen LogP contribution in [0.4, 0.5) is 17.1 Å². The first-order chi connectivity index (χ1) is 26.3. The van der Waals surface area contributed by atoms with E-state index >= 15 is 0 Å². The highest BCUT2D eigenvalue weighted by Gasteiger charge is 2.19. The molecule has 11 rings (SSSR count). The Bertz CT molecular complexity index is 3170. The molecule has 2 aromatic heterocycles. The van der Waals surface area contributed by atoms with E-state index in [0.717, 1.165) is 72.1 Å². The van der Waals surface area contributed by atoms with Gasteiger partial charge in [-0.2, -0.15) is 0 Å². The zero-order valence-corrected chi connectivity index (χ0v) is 28.7. The summed E-state index contributed by atoms with van der Waals surface area (Å²) in [6.45, 7) is 0. The molecule has 0 aliphatic carbocycles. The Kier molecular flexibility index (Phi) is 6.55. The first-order valence-electron chi connectivity index (χ1n) is 18.0. The third kappa shape index (κ3) is 4.75. The Morgan fingerprint density at radius 3 is 1.77 bits per heavy atom. The van der Waals surface area contributed by atoms with Crippen LogP contribution in [0.3, 0.4) is 0 Å². The van der Waals surface area contributed by atoms with Crippen molar-refractivity contribution in [1.82, 2.24) is 0 Å². The van der Waals surface area contributed by atoms with Crippen molar-refractivity contribution in [2.45, 2.75) is 0 Å². The van der Waals surface area contributed by atoms with Gasteiger partial charge in [0.25, 0.3) is 0 Å². The van der Waals surface area contributed by atoms with E-state index in [1.54, 1.807) is 0 Å². The molecule has 0 saturated heterocycles. The minimum Gasteiger partial charge on any atom is -0.456 e. The van der Waals surface area contributed by atoms with Gasteiger partial charge < -0.3 is 13.7 Å². The molecular formula is C50H31NO2. The number of anilines is 3. The molecule has 0 aliphatic heterocycles. The number of hydrogen-bond donors (Lipinski definition) is 0. The topological polar surface area (TPSA) is 29.5 Å². The SMILES string of the molecule is c1ccc(N(c2ccc(-c3cc4ccccc4c4ccccc34)cc2)c2ccc3c(c2)oc2cccc(-c4ccc5c(c4)oc4ccccc45)c23)cc1. The van der Waals surface area contributed by atoms with Gasteiger partial charge in [-0.3, -0.25) is 0 Å². The quantitative estimate of drug-likeness (QED) is 0.170. The Morgan fingerprint density at radius 2 is 0.906 bits per heavy atom. The van der Waals surface area contributed by atoms with E-state index in [1.807, 2.05) is 12.1 Å². The number of benzene rings is 9. The third-order valence-corrected chi connectivity index (χ3v) is 10.6. The van der Waals surface area contributed by atoms with Gasteiger partial charge in [0.05, 0.1) is 0 Å². The largest absolute Gasteiger partial charge is 0.456 e. The fourth-order valence-electron chi connectivity index (χ4n) is 8.19. The molecule has 248 valence electrons. The van der Waals surface area contributed by atoms with Crippen LogP contribution in [0.1, 0.15) is 0 Å². The maximum Gasteiger partial charge on any atom is 0.137 e. The lowest BCUT2D eigenvalue weighted by Crippen LogP contribution is -2.09. The van der Waals surface area contributed by atoms with Crippen LogP contribution < -0.4 is 4.90 Å². The fraction of sp³-hybridized carbons (Fsp3) is 0. The Morgan fingerprint density at radius 1 is 0.302 bits per heavy atom. The number of para-hydroxylation sites is 2. The summed E-state index contributed by atoms with van der Waals surface area (Å²) in [5.41, 5.74) is 11.3. The van der Waals surface area contributed by atoms with Crippen molar-refractivity contribution in [3.8, 4) is 22.3 Å². The van der Waals surface area contributed by atoms with Crippen molar-refractivity contribution in [2.24, 2.45) is 0 Å². The number of rotatable bonds is 5. The van der Waals surface area contributed by atoms with Gasteiger partial charge in [-0.05, 0) is 111 Å². The summed E-state index contributed by atoms with van der Waals surface area (Å²) in [5.74, 6) is 0. The van der Waals surface area contributed by atoms with E-state index < -0.39 is 0 Å². The van der Waals surface area contributed by atoms with Crippen LogP contribution in [0, 0.1) is 0 Å². The predicted octanol–water partition coefficient (Wildman–Crippen LogP) is 14.6. The lowest BCUT2D eigenvalue weighted by atomic mass is 9.93. The monoisotopic (exact) mass is 677 g/mol. The third-order valence-electron chi connectivity index (χ3n) is 10.6. The molecule has 0 unspecified atom stereocenters.